The van der Waals surface area contributed by atoms with E-state index in [0.29, 0.717) is 18.0 Å². The van der Waals surface area contributed by atoms with E-state index in [9.17, 15) is 8.42 Å². The predicted octanol–water partition coefficient (Wildman–Crippen LogP) is 1.92. The third-order valence-corrected chi connectivity index (χ3v) is 4.86. The van der Waals surface area contributed by atoms with Crippen LogP contribution in [0.3, 0.4) is 0 Å². The average molecular weight is 276 g/mol. The summed E-state index contributed by atoms with van der Waals surface area (Å²) >= 11 is 1.37. The van der Waals surface area contributed by atoms with Gasteiger partial charge in [0.1, 0.15) is 0 Å². The van der Waals surface area contributed by atoms with Crippen molar-refractivity contribution in [3.8, 4) is 0 Å². The maximum absolute atomic E-state index is 11.9. The van der Waals surface area contributed by atoms with Crippen molar-refractivity contribution in [2.24, 2.45) is 11.1 Å². The Kier molecular flexibility index (Phi) is 4.71. The highest BCUT2D eigenvalue weighted by molar-refractivity contribution is 7.89. The van der Waals surface area contributed by atoms with Crippen molar-refractivity contribution >= 4 is 21.4 Å². The Morgan fingerprint density at radius 2 is 2.06 bits per heavy atom. The minimum Gasteiger partial charge on any atom is -0.326 e. The van der Waals surface area contributed by atoms with E-state index >= 15 is 0 Å². The summed E-state index contributed by atoms with van der Waals surface area (Å²) in [5.74, 6) is 0. The maximum atomic E-state index is 11.9. The van der Waals surface area contributed by atoms with Crippen molar-refractivity contribution in [2.45, 2.75) is 38.6 Å². The van der Waals surface area contributed by atoms with Gasteiger partial charge in [-0.05, 0) is 17.9 Å². The third kappa shape index (κ3) is 4.75. The summed E-state index contributed by atoms with van der Waals surface area (Å²) < 4.78 is 26.4. The molecule has 0 saturated heterocycles. The van der Waals surface area contributed by atoms with Crippen LogP contribution >= 0.6 is 11.3 Å². The molecule has 0 spiro atoms. The zero-order valence-corrected chi connectivity index (χ0v) is 12.1. The Labute approximate surface area is 107 Å². The first kappa shape index (κ1) is 14.6. The van der Waals surface area contributed by atoms with Crippen LogP contribution in [0.1, 0.15) is 32.1 Å². The smallest absolute Gasteiger partial charge is 0.241 e. The Balaban J connectivity index is 2.63. The second kappa shape index (κ2) is 5.48. The van der Waals surface area contributed by atoms with E-state index in [1.54, 1.807) is 11.4 Å². The van der Waals surface area contributed by atoms with Gasteiger partial charge in [-0.1, -0.05) is 20.8 Å². The topological polar surface area (TPSA) is 72.2 Å². The lowest BCUT2D eigenvalue weighted by molar-refractivity contribution is 0.378. The van der Waals surface area contributed by atoms with Gasteiger partial charge in [0.05, 0.1) is 4.90 Å². The number of thiophene rings is 1. The average Bonchev–Trinajstić information content (AvgIpc) is 2.63. The quantitative estimate of drug-likeness (QED) is 0.863. The monoisotopic (exact) mass is 276 g/mol. The van der Waals surface area contributed by atoms with E-state index in [1.807, 2.05) is 0 Å². The highest BCUT2D eigenvalue weighted by Gasteiger charge is 2.17. The molecule has 0 fully saturated rings. The molecule has 3 N–H and O–H groups in total. The molecular formula is C11H20N2O2S2. The molecule has 6 heteroatoms. The number of hydrogen-bond donors (Lipinski definition) is 2. The third-order valence-electron chi connectivity index (χ3n) is 2.31. The Bertz CT molecular complexity index is 458. The first-order valence-electron chi connectivity index (χ1n) is 5.52. The van der Waals surface area contributed by atoms with E-state index in [2.05, 4.69) is 25.5 Å². The van der Waals surface area contributed by atoms with E-state index < -0.39 is 10.0 Å². The molecule has 0 aliphatic rings. The van der Waals surface area contributed by atoms with Crippen molar-refractivity contribution in [2.75, 3.05) is 6.54 Å². The summed E-state index contributed by atoms with van der Waals surface area (Å²) in [5.41, 5.74) is 5.58. The first-order chi connectivity index (χ1) is 7.74. The fraction of sp³-hybridized carbons (Fsp3) is 0.636. The molecule has 1 rings (SSSR count). The van der Waals surface area contributed by atoms with Gasteiger partial charge in [0.15, 0.2) is 0 Å². The lowest BCUT2D eigenvalue weighted by atomic mass is 9.93. The summed E-state index contributed by atoms with van der Waals surface area (Å²) in [5, 5.41) is 1.63. The molecule has 0 radical (unpaired) electrons. The minimum absolute atomic E-state index is 0.125. The number of nitrogens with one attached hydrogen (secondary N) is 1. The van der Waals surface area contributed by atoms with Gasteiger partial charge in [-0.3, -0.25) is 0 Å². The van der Waals surface area contributed by atoms with E-state index in [0.717, 1.165) is 11.3 Å². The maximum Gasteiger partial charge on any atom is 0.241 e. The van der Waals surface area contributed by atoms with Crippen LogP contribution in [-0.4, -0.2) is 15.0 Å². The lowest BCUT2D eigenvalue weighted by Gasteiger charge is -2.17. The molecule has 0 saturated carbocycles. The van der Waals surface area contributed by atoms with Crippen molar-refractivity contribution in [1.82, 2.24) is 4.72 Å². The van der Waals surface area contributed by atoms with Crippen LogP contribution < -0.4 is 10.5 Å². The number of rotatable bonds is 5. The highest BCUT2D eigenvalue weighted by Crippen LogP contribution is 2.20. The molecule has 0 bridgehead atoms. The predicted molar refractivity (Wildman–Crippen MR) is 71.5 cm³/mol. The number of sulfonamides is 1. The first-order valence-corrected chi connectivity index (χ1v) is 7.88. The van der Waals surface area contributed by atoms with Crippen LogP contribution in [0.25, 0.3) is 0 Å². The SMILES string of the molecule is CC(C)(C)CCNS(=O)(=O)c1csc(CN)c1. The molecule has 98 valence electrons. The normalized spacial score (nSPS) is 12.9. The molecule has 0 aliphatic carbocycles. The fourth-order valence-corrected chi connectivity index (χ4v) is 3.44. The minimum atomic E-state index is -3.37. The molecule has 17 heavy (non-hydrogen) atoms. The highest BCUT2D eigenvalue weighted by atomic mass is 32.2. The van der Waals surface area contributed by atoms with Crippen molar-refractivity contribution in [1.29, 1.82) is 0 Å². The number of hydrogen-bond acceptors (Lipinski definition) is 4. The van der Waals surface area contributed by atoms with Crippen LogP contribution in [0.15, 0.2) is 16.3 Å². The van der Waals surface area contributed by atoms with Crippen molar-refractivity contribution in [3.05, 3.63) is 16.3 Å². The molecule has 0 aliphatic heterocycles. The van der Waals surface area contributed by atoms with Crippen LogP contribution in [0, 0.1) is 5.41 Å². The molecule has 0 atom stereocenters. The fourth-order valence-electron chi connectivity index (χ4n) is 1.25. The second-order valence-corrected chi connectivity index (χ2v) is 7.92. The molecule has 0 amide bonds. The second-order valence-electron chi connectivity index (χ2n) is 5.16. The Hall–Kier alpha value is -0.430. The summed E-state index contributed by atoms with van der Waals surface area (Å²) in [6.07, 6.45) is 0.806. The molecule has 1 aromatic heterocycles. The van der Waals surface area contributed by atoms with Gasteiger partial charge in [0, 0.05) is 23.3 Å². The van der Waals surface area contributed by atoms with Gasteiger partial charge in [0.2, 0.25) is 10.0 Å². The molecule has 1 heterocycles. The van der Waals surface area contributed by atoms with Crippen LogP contribution in [0.2, 0.25) is 0 Å². The van der Waals surface area contributed by atoms with Gasteiger partial charge in [-0.25, -0.2) is 13.1 Å². The molecule has 4 nitrogen and oxygen atoms in total. The van der Waals surface area contributed by atoms with Crippen LogP contribution in [0.4, 0.5) is 0 Å². The molecule has 0 aromatic carbocycles. The lowest BCUT2D eigenvalue weighted by Crippen LogP contribution is -2.27. The standard InChI is InChI=1S/C11H20N2O2S2/c1-11(2,3)4-5-13-17(14,15)10-6-9(7-12)16-8-10/h6,8,13H,4-5,7,12H2,1-3H3. The van der Waals surface area contributed by atoms with Gasteiger partial charge >= 0.3 is 0 Å². The van der Waals surface area contributed by atoms with Crippen molar-refractivity contribution < 1.29 is 8.42 Å². The van der Waals surface area contributed by atoms with E-state index in [1.165, 1.54) is 11.3 Å². The van der Waals surface area contributed by atoms with Gasteiger partial charge in [0.25, 0.3) is 0 Å². The van der Waals surface area contributed by atoms with E-state index in [-0.39, 0.29) is 5.41 Å². The Morgan fingerprint density at radius 1 is 1.41 bits per heavy atom. The van der Waals surface area contributed by atoms with Crippen LogP contribution in [-0.2, 0) is 16.6 Å². The van der Waals surface area contributed by atoms with E-state index in [4.69, 9.17) is 5.73 Å². The van der Waals surface area contributed by atoms with Crippen molar-refractivity contribution in [3.63, 3.8) is 0 Å². The summed E-state index contributed by atoms with van der Waals surface area (Å²) in [4.78, 5) is 1.19. The van der Waals surface area contributed by atoms with Gasteiger partial charge in [-0.15, -0.1) is 11.3 Å². The molecular weight excluding hydrogens is 256 g/mol. The number of nitrogens with two attached hydrogens (primary N) is 1. The zero-order valence-electron chi connectivity index (χ0n) is 10.5. The summed E-state index contributed by atoms with van der Waals surface area (Å²) in [6.45, 7) is 7.08. The Morgan fingerprint density at radius 3 is 2.53 bits per heavy atom. The van der Waals surface area contributed by atoms with Crippen LogP contribution in [0.5, 0.6) is 0 Å². The zero-order chi connectivity index (χ0) is 13.1. The van der Waals surface area contributed by atoms with Gasteiger partial charge in [-0.2, -0.15) is 0 Å². The molecule has 1 aromatic rings. The summed E-state index contributed by atoms with van der Waals surface area (Å²) in [7, 11) is -3.37. The summed E-state index contributed by atoms with van der Waals surface area (Å²) in [6, 6.07) is 1.63. The largest absolute Gasteiger partial charge is 0.326 e. The molecule has 0 unspecified atom stereocenters. The van der Waals surface area contributed by atoms with Gasteiger partial charge < -0.3 is 5.73 Å².